The molecule has 0 saturated carbocycles. The molecule has 120 valence electrons. The zero-order chi connectivity index (χ0) is 15.7. The lowest BCUT2D eigenvalue weighted by molar-refractivity contribution is 0.0407. The molecular formula is C14H23NO5S. The highest BCUT2D eigenvalue weighted by atomic mass is 32.2. The molecule has 1 aromatic rings. The van der Waals surface area contributed by atoms with Crippen LogP contribution in [0, 0.1) is 5.92 Å². The molecule has 1 rings (SSSR count). The summed E-state index contributed by atoms with van der Waals surface area (Å²) in [6.07, 6.45) is 0. The van der Waals surface area contributed by atoms with E-state index < -0.39 is 9.84 Å². The van der Waals surface area contributed by atoms with Crippen LogP contribution in [0.2, 0.25) is 0 Å². The minimum Gasteiger partial charge on any atom is -0.508 e. The average Bonchev–Trinajstić information content (AvgIpc) is 2.42. The summed E-state index contributed by atoms with van der Waals surface area (Å²) in [5.74, 6) is -0.0809. The lowest BCUT2D eigenvalue weighted by atomic mass is 10.2. The molecule has 6 nitrogen and oxygen atoms in total. The van der Waals surface area contributed by atoms with Gasteiger partial charge in [-0.2, -0.15) is 0 Å². The van der Waals surface area contributed by atoms with E-state index in [9.17, 15) is 13.5 Å². The van der Waals surface area contributed by atoms with Gasteiger partial charge < -0.3 is 20.3 Å². The number of phenols is 1. The minimum atomic E-state index is -3.37. The summed E-state index contributed by atoms with van der Waals surface area (Å²) >= 11 is 0. The van der Waals surface area contributed by atoms with Crippen molar-refractivity contribution in [3.8, 4) is 5.75 Å². The molecule has 0 fully saturated rings. The second kappa shape index (κ2) is 8.99. The molecule has 0 heterocycles. The maximum absolute atomic E-state index is 12.2. The quantitative estimate of drug-likeness (QED) is 0.619. The molecule has 0 aliphatic rings. The molecule has 0 bridgehead atoms. The van der Waals surface area contributed by atoms with Crippen LogP contribution in [0.1, 0.15) is 6.92 Å². The van der Waals surface area contributed by atoms with Gasteiger partial charge in [-0.05, 0) is 30.2 Å². The molecule has 21 heavy (non-hydrogen) atoms. The van der Waals surface area contributed by atoms with Crippen molar-refractivity contribution in [1.82, 2.24) is 0 Å². The summed E-state index contributed by atoms with van der Waals surface area (Å²) in [6, 6.07) is 5.53. The summed E-state index contributed by atoms with van der Waals surface area (Å²) in [4.78, 5) is 0.207. The van der Waals surface area contributed by atoms with Crippen LogP contribution in [-0.4, -0.2) is 52.2 Å². The Morgan fingerprint density at radius 3 is 2.38 bits per heavy atom. The summed E-state index contributed by atoms with van der Waals surface area (Å²) in [5.41, 5.74) is 5.28. The second-order valence-corrected chi connectivity index (χ2v) is 6.89. The summed E-state index contributed by atoms with van der Waals surface area (Å²) in [6.45, 7) is 4.01. The SMILES string of the molecule is C[C@@H](COCCOCCN)CS(=O)(=O)c1ccc(O)cc1. The number of nitrogens with two attached hydrogens (primary N) is 1. The Labute approximate surface area is 125 Å². The van der Waals surface area contributed by atoms with Crippen molar-refractivity contribution in [3.63, 3.8) is 0 Å². The predicted molar refractivity (Wildman–Crippen MR) is 80.0 cm³/mol. The Morgan fingerprint density at radius 1 is 1.14 bits per heavy atom. The van der Waals surface area contributed by atoms with Crippen molar-refractivity contribution in [1.29, 1.82) is 0 Å². The Kier molecular flexibility index (Phi) is 7.66. The number of rotatable bonds is 10. The van der Waals surface area contributed by atoms with E-state index in [1.165, 1.54) is 24.3 Å². The van der Waals surface area contributed by atoms with Crippen LogP contribution >= 0.6 is 0 Å². The fraction of sp³-hybridized carbons (Fsp3) is 0.571. The van der Waals surface area contributed by atoms with Crippen LogP contribution in [-0.2, 0) is 19.3 Å². The predicted octanol–water partition coefficient (Wildman–Crippen LogP) is 0.794. The van der Waals surface area contributed by atoms with Crippen LogP contribution in [0.25, 0.3) is 0 Å². The van der Waals surface area contributed by atoms with Gasteiger partial charge in [0.15, 0.2) is 9.84 Å². The average molecular weight is 317 g/mol. The van der Waals surface area contributed by atoms with Gasteiger partial charge in [0.05, 0.1) is 37.1 Å². The third-order valence-corrected chi connectivity index (χ3v) is 4.73. The van der Waals surface area contributed by atoms with Gasteiger partial charge in [0, 0.05) is 6.54 Å². The monoisotopic (exact) mass is 317 g/mol. The van der Waals surface area contributed by atoms with E-state index in [4.69, 9.17) is 15.2 Å². The smallest absolute Gasteiger partial charge is 0.178 e. The number of sulfone groups is 1. The number of ether oxygens (including phenoxy) is 2. The zero-order valence-electron chi connectivity index (χ0n) is 12.2. The number of aromatic hydroxyl groups is 1. The van der Waals surface area contributed by atoms with E-state index in [1.807, 2.05) is 6.92 Å². The first-order valence-electron chi connectivity index (χ1n) is 6.83. The molecule has 3 N–H and O–H groups in total. The lowest BCUT2D eigenvalue weighted by Crippen LogP contribution is -2.20. The Bertz CT molecular complexity index is 501. The van der Waals surface area contributed by atoms with Crippen molar-refractivity contribution >= 4 is 9.84 Å². The van der Waals surface area contributed by atoms with Crippen LogP contribution in [0.3, 0.4) is 0 Å². The molecule has 1 atom stereocenters. The van der Waals surface area contributed by atoms with E-state index in [1.54, 1.807) is 0 Å². The molecule has 0 amide bonds. The van der Waals surface area contributed by atoms with Crippen molar-refractivity contribution in [2.75, 3.05) is 38.7 Å². The van der Waals surface area contributed by atoms with Crippen LogP contribution < -0.4 is 5.73 Å². The van der Waals surface area contributed by atoms with E-state index in [0.29, 0.717) is 33.0 Å². The largest absolute Gasteiger partial charge is 0.508 e. The molecule has 0 unspecified atom stereocenters. The molecule has 7 heteroatoms. The minimum absolute atomic E-state index is 0.00142. The third-order valence-electron chi connectivity index (χ3n) is 2.74. The Morgan fingerprint density at radius 2 is 1.76 bits per heavy atom. The maximum atomic E-state index is 12.2. The second-order valence-electron chi connectivity index (χ2n) is 4.86. The first-order valence-corrected chi connectivity index (χ1v) is 8.48. The highest BCUT2D eigenvalue weighted by Crippen LogP contribution is 2.17. The van der Waals surface area contributed by atoms with Gasteiger partial charge in [0.2, 0.25) is 0 Å². The molecule has 1 aromatic carbocycles. The van der Waals surface area contributed by atoms with Gasteiger partial charge in [0.1, 0.15) is 5.75 Å². The normalized spacial score (nSPS) is 13.2. The molecule has 0 saturated heterocycles. The summed E-state index contributed by atoms with van der Waals surface area (Å²) < 4.78 is 34.8. The highest BCUT2D eigenvalue weighted by Gasteiger charge is 2.18. The lowest BCUT2D eigenvalue weighted by Gasteiger charge is -2.13. The fourth-order valence-electron chi connectivity index (χ4n) is 1.76. The first-order chi connectivity index (χ1) is 9.95. The topological polar surface area (TPSA) is 98.9 Å². The molecular weight excluding hydrogens is 294 g/mol. The van der Waals surface area contributed by atoms with Gasteiger partial charge in [0.25, 0.3) is 0 Å². The van der Waals surface area contributed by atoms with Crippen molar-refractivity contribution in [3.05, 3.63) is 24.3 Å². The Balaban J connectivity index is 2.36. The van der Waals surface area contributed by atoms with Gasteiger partial charge in [-0.3, -0.25) is 0 Å². The van der Waals surface area contributed by atoms with E-state index >= 15 is 0 Å². The molecule has 0 aromatic heterocycles. The summed E-state index contributed by atoms with van der Waals surface area (Å²) in [7, 11) is -3.37. The summed E-state index contributed by atoms with van der Waals surface area (Å²) in [5, 5.41) is 9.17. The Hall–Kier alpha value is -1.15. The standard InChI is InChI=1S/C14H23NO5S/c1-12(10-20-9-8-19-7-6-15)11-21(17,18)14-4-2-13(16)3-5-14/h2-5,12,16H,6-11,15H2,1H3/t12-/m0/s1. The van der Waals surface area contributed by atoms with Crippen molar-refractivity contribution in [2.24, 2.45) is 11.7 Å². The van der Waals surface area contributed by atoms with E-state index in [2.05, 4.69) is 0 Å². The van der Waals surface area contributed by atoms with Gasteiger partial charge in [-0.15, -0.1) is 0 Å². The number of hydrogen-bond donors (Lipinski definition) is 2. The van der Waals surface area contributed by atoms with Crippen LogP contribution in [0.4, 0.5) is 0 Å². The van der Waals surface area contributed by atoms with Crippen LogP contribution in [0.15, 0.2) is 29.2 Å². The van der Waals surface area contributed by atoms with Crippen molar-refractivity contribution in [2.45, 2.75) is 11.8 Å². The molecule has 0 radical (unpaired) electrons. The first kappa shape index (κ1) is 17.9. The molecule has 0 spiro atoms. The third kappa shape index (κ3) is 6.90. The zero-order valence-corrected chi connectivity index (χ0v) is 13.0. The van der Waals surface area contributed by atoms with Crippen LogP contribution in [0.5, 0.6) is 5.75 Å². The number of phenolic OH excluding ortho intramolecular Hbond substituents is 1. The fourth-order valence-corrected chi connectivity index (χ4v) is 3.35. The van der Waals surface area contributed by atoms with Gasteiger partial charge in [-0.25, -0.2) is 8.42 Å². The maximum Gasteiger partial charge on any atom is 0.178 e. The molecule has 0 aliphatic heterocycles. The van der Waals surface area contributed by atoms with Gasteiger partial charge in [-0.1, -0.05) is 6.92 Å². The number of hydrogen-bond acceptors (Lipinski definition) is 6. The molecule has 0 aliphatic carbocycles. The van der Waals surface area contributed by atoms with Gasteiger partial charge >= 0.3 is 0 Å². The van der Waals surface area contributed by atoms with E-state index in [-0.39, 0.29) is 22.3 Å². The number of benzene rings is 1. The highest BCUT2D eigenvalue weighted by molar-refractivity contribution is 7.91. The van der Waals surface area contributed by atoms with E-state index in [0.717, 1.165) is 0 Å². The van der Waals surface area contributed by atoms with Crippen molar-refractivity contribution < 1.29 is 23.0 Å².